The number of hydrogen-bond donors (Lipinski definition) is 0. The van der Waals surface area contributed by atoms with E-state index in [1.54, 1.807) is 12.0 Å². The molecule has 1 aromatic carbocycles. The van der Waals surface area contributed by atoms with Crippen LogP contribution >= 0.6 is 0 Å². The lowest BCUT2D eigenvalue weighted by molar-refractivity contribution is -0.138. The number of pyridine rings is 1. The Morgan fingerprint density at radius 2 is 1.76 bits per heavy atom. The standard InChI is InChI=1S/C20H22F3N3O3/c1-29-17-6-4-16(5-7-17)24-9-2-10-25(12-11-24)19(28)14-26-13-15(20(21,22)23)3-8-18(26)27/h3-8,13H,2,9-12,14H2,1H3. The van der Waals surface area contributed by atoms with Crippen molar-refractivity contribution in [3.63, 3.8) is 0 Å². The van der Waals surface area contributed by atoms with Crippen LogP contribution in [0.1, 0.15) is 12.0 Å². The molecule has 2 aromatic rings. The van der Waals surface area contributed by atoms with E-state index in [2.05, 4.69) is 4.90 Å². The number of alkyl halides is 3. The molecule has 0 spiro atoms. The minimum absolute atomic E-state index is 0.372. The number of carbonyl (C=O) groups excluding carboxylic acids is 1. The van der Waals surface area contributed by atoms with Gasteiger partial charge in [0.2, 0.25) is 5.91 Å². The molecule has 0 bridgehead atoms. The molecule has 1 amide bonds. The molecule has 1 aliphatic rings. The second-order valence-corrected chi connectivity index (χ2v) is 6.80. The second-order valence-electron chi connectivity index (χ2n) is 6.80. The van der Waals surface area contributed by atoms with E-state index >= 15 is 0 Å². The average Bonchev–Trinajstić information content (AvgIpc) is 2.95. The number of nitrogens with zero attached hydrogens (tertiary/aromatic N) is 3. The number of anilines is 1. The van der Waals surface area contributed by atoms with Gasteiger partial charge in [0.25, 0.3) is 5.56 Å². The first-order chi connectivity index (χ1) is 13.8. The third-order valence-corrected chi connectivity index (χ3v) is 4.90. The molecule has 29 heavy (non-hydrogen) atoms. The highest BCUT2D eigenvalue weighted by Crippen LogP contribution is 2.28. The zero-order valence-corrected chi connectivity index (χ0v) is 16.0. The van der Waals surface area contributed by atoms with Crippen molar-refractivity contribution < 1.29 is 22.7 Å². The second kappa shape index (κ2) is 8.59. The number of carbonyl (C=O) groups is 1. The first-order valence-electron chi connectivity index (χ1n) is 9.22. The van der Waals surface area contributed by atoms with Crippen LogP contribution in [0.3, 0.4) is 0 Å². The van der Waals surface area contributed by atoms with Crippen molar-refractivity contribution in [1.82, 2.24) is 9.47 Å². The predicted molar refractivity (Wildman–Crippen MR) is 102 cm³/mol. The van der Waals surface area contributed by atoms with Gasteiger partial charge in [-0.1, -0.05) is 0 Å². The molecule has 156 valence electrons. The molecule has 0 saturated carbocycles. The van der Waals surface area contributed by atoms with Gasteiger partial charge in [-0.3, -0.25) is 9.59 Å². The van der Waals surface area contributed by atoms with Crippen molar-refractivity contribution in [2.75, 3.05) is 38.2 Å². The first-order valence-corrected chi connectivity index (χ1v) is 9.22. The maximum atomic E-state index is 12.9. The normalized spacial score (nSPS) is 15.2. The fourth-order valence-electron chi connectivity index (χ4n) is 3.29. The van der Waals surface area contributed by atoms with Crippen molar-refractivity contribution in [1.29, 1.82) is 0 Å². The van der Waals surface area contributed by atoms with E-state index in [4.69, 9.17) is 4.74 Å². The number of benzene rings is 1. The Kier molecular flexibility index (Phi) is 6.14. The summed E-state index contributed by atoms with van der Waals surface area (Å²) in [7, 11) is 1.60. The number of hydrogen-bond acceptors (Lipinski definition) is 4. The first kappa shape index (κ1) is 20.8. The number of halogens is 3. The molecule has 1 aromatic heterocycles. The third-order valence-electron chi connectivity index (χ3n) is 4.90. The van der Waals surface area contributed by atoms with Crippen LogP contribution in [0.2, 0.25) is 0 Å². The number of ether oxygens (including phenoxy) is 1. The van der Waals surface area contributed by atoms with Crippen LogP contribution in [-0.4, -0.2) is 48.7 Å². The molecule has 9 heteroatoms. The topological polar surface area (TPSA) is 54.8 Å². The van der Waals surface area contributed by atoms with Crippen molar-refractivity contribution >= 4 is 11.6 Å². The summed E-state index contributed by atoms with van der Waals surface area (Å²) in [6.07, 6.45) is -3.16. The fourth-order valence-corrected chi connectivity index (χ4v) is 3.29. The highest BCUT2D eigenvalue weighted by Gasteiger charge is 2.31. The van der Waals surface area contributed by atoms with Crippen molar-refractivity contribution in [2.24, 2.45) is 0 Å². The van der Waals surface area contributed by atoms with E-state index in [9.17, 15) is 22.8 Å². The molecule has 1 aliphatic heterocycles. The maximum absolute atomic E-state index is 12.9. The van der Waals surface area contributed by atoms with E-state index in [0.717, 1.165) is 41.1 Å². The summed E-state index contributed by atoms with van der Waals surface area (Å²) < 4.78 is 44.6. The van der Waals surface area contributed by atoms with Crippen LogP contribution in [-0.2, 0) is 17.5 Å². The fraction of sp³-hybridized carbons (Fsp3) is 0.400. The molecule has 6 nitrogen and oxygen atoms in total. The van der Waals surface area contributed by atoms with Crippen LogP contribution in [0.15, 0.2) is 47.4 Å². The lowest BCUT2D eigenvalue weighted by atomic mass is 10.2. The smallest absolute Gasteiger partial charge is 0.417 e. The maximum Gasteiger partial charge on any atom is 0.417 e. The number of rotatable bonds is 4. The number of methoxy groups -OCH3 is 1. The summed E-state index contributed by atoms with van der Waals surface area (Å²) in [5, 5.41) is 0. The Bertz CT molecular complexity index is 910. The van der Waals surface area contributed by atoms with Crippen LogP contribution in [0.25, 0.3) is 0 Å². The molecule has 1 saturated heterocycles. The number of aromatic nitrogens is 1. The Labute approximate surface area is 166 Å². The van der Waals surface area contributed by atoms with Crippen LogP contribution in [0.4, 0.5) is 18.9 Å². The van der Waals surface area contributed by atoms with Crippen molar-refractivity contribution in [2.45, 2.75) is 19.1 Å². The molecular formula is C20H22F3N3O3. The highest BCUT2D eigenvalue weighted by atomic mass is 19.4. The molecule has 0 aliphatic carbocycles. The van der Waals surface area contributed by atoms with Crippen LogP contribution < -0.4 is 15.2 Å². The third kappa shape index (κ3) is 5.10. The SMILES string of the molecule is COc1ccc(N2CCCN(C(=O)Cn3cc(C(F)(F)F)ccc3=O)CC2)cc1. The van der Waals surface area contributed by atoms with Crippen molar-refractivity contribution in [3.05, 3.63) is 58.5 Å². The van der Waals surface area contributed by atoms with E-state index in [-0.39, 0.29) is 5.91 Å². The summed E-state index contributed by atoms with van der Waals surface area (Å²) in [6, 6.07) is 9.18. The Morgan fingerprint density at radius 3 is 2.41 bits per heavy atom. The zero-order valence-electron chi connectivity index (χ0n) is 16.0. The van der Waals surface area contributed by atoms with Gasteiger partial charge in [-0.15, -0.1) is 0 Å². The zero-order chi connectivity index (χ0) is 21.0. The van der Waals surface area contributed by atoms with Gasteiger partial charge in [-0.2, -0.15) is 13.2 Å². The van der Waals surface area contributed by atoms with Gasteiger partial charge in [0.15, 0.2) is 0 Å². The van der Waals surface area contributed by atoms with E-state index in [0.29, 0.717) is 25.8 Å². The molecule has 2 heterocycles. The minimum atomic E-state index is -4.57. The molecule has 3 rings (SSSR count). The molecule has 1 fully saturated rings. The Hall–Kier alpha value is -2.97. The van der Waals surface area contributed by atoms with E-state index in [1.807, 2.05) is 24.3 Å². The predicted octanol–water partition coefficient (Wildman–Crippen LogP) is 2.61. The molecule has 0 atom stereocenters. The summed E-state index contributed by atoms with van der Waals surface area (Å²) in [6.45, 7) is 1.85. The van der Waals surface area contributed by atoms with Gasteiger partial charge in [0.1, 0.15) is 12.3 Å². The number of amides is 1. The van der Waals surface area contributed by atoms with Gasteiger partial charge in [-0.05, 0) is 36.8 Å². The minimum Gasteiger partial charge on any atom is -0.497 e. The quantitative estimate of drug-likeness (QED) is 0.779. The van der Waals surface area contributed by atoms with Gasteiger partial charge in [-0.25, -0.2) is 0 Å². The lowest BCUT2D eigenvalue weighted by Gasteiger charge is -2.24. The Balaban J connectivity index is 1.66. The van der Waals surface area contributed by atoms with Gasteiger partial charge < -0.3 is 19.1 Å². The summed E-state index contributed by atoms with van der Waals surface area (Å²) in [5.74, 6) is 0.384. The van der Waals surface area contributed by atoms with Gasteiger partial charge in [0.05, 0.1) is 12.7 Å². The highest BCUT2D eigenvalue weighted by molar-refractivity contribution is 5.76. The van der Waals surface area contributed by atoms with E-state index in [1.165, 1.54) is 0 Å². The summed E-state index contributed by atoms with van der Waals surface area (Å²) in [4.78, 5) is 28.2. The molecular weight excluding hydrogens is 387 g/mol. The van der Waals surface area contributed by atoms with Crippen LogP contribution in [0.5, 0.6) is 5.75 Å². The summed E-state index contributed by atoms with van der Waals surface area (Å²) >= 11 is 0. The lowest BCUT2D eigenvalue weighted by Crippen LogP contribution is -2.39. The molecule has 0 N–H and O–H groups in total. The molecule has 0 unspecified atom stereocenters. The van der Waals surface area contributed by atoms with E-state index < -0.39 is 23.8 Å². The Morgan fingerprint density at radius 1 is 1.03 bits per heavy atom. The summed E-state index contributed by atoms with van der Waals surface area (Å²) in [5.41, 5.74) is -0.582. The van der Waals surface area contributed by atoms with Crippen molar-refractivity contribution in [3.8, 4) is 5.75 Å². The average molecular weight is 409 g/mol. The van der Waals surface area contributed by atoms with Crippen LogP contribution in [0, 0.1) is 0 Å². The largest absolute Gasteiger partial charge is 0.497 e. The monoisotopic (exact) mass is 409 g/mol. The molecule has 0 radical (unpaired) electrons. The van der Waals surface area contributed by atoms with Gasteiger partial charge in [0, 0.05) is 44.1 Å². The van der Waals surface area contributed by atoms with Gasteiger partial charge >= 0.3 is 6.18 Å².